The normalized spacial score (nSPS) is 11.3. The van der Waals surface area contributed by atoms with Crippen LogP contribution in [0.4, 0.5) is 0 Å². The Morgan fingerprint density at radius 1 is 0.526 bits per heavy atom. The highest BCUT2D eigenvalue weighted by Gasteiger charge is 2.03. The molecule has 214 valence electrons. The third-order valence-corrected chi connectivity index (χ3v) is 8.43. The molecule has 2 rings (SSSR count). The molecule has 2 aromatic rings. The van der Waals surface area contributed by atoms with E-state index in [4.69, 9.17) is 0 Å². The van der Waals surface area contributed by atoms with Crippen LogP contribution in [0.5, 0.6) is 0 Å². The lowest BCUT2D eigenvalue weighted by Gasteiger charge is -2.04. The van der Waals surface area contributed by atoms with E-state index in [9.17, 15) is 0 Å². The fourth-order valence-electron chi connectivity index (χ4n) is 5.46. The average Bonchev–Trinajstić information content (AvgIpc) is 2.95. The first-order valence-electron chi connectivity index (χ1n) is 16.3. The van der Waals surface area contributed by atoms with Crippen molar-refractivity contribution >= 4 is 15.9 Å². The van der Waals surface area contributed by atoms with Gasteiger partial charge in [-0.1, -0.05) is 125 Å². The maximum atomic E-state index is 4.21. The zero-order valence-electron chi connectivity index (χ0n) is 24.6. The molecule has 0 amide bonds. The van der Waals surface area contributed by atoms with Gasteiger partial charge in [-0.15, -0.1) is 0 Å². The van der Waals surface area contributed by atoms with Crippen LogP contribution in [0.1, 0.15) is 146 Å². The smallest absolute Gasteiger partial charge is 0.171 e. The van der Waals surface area contributed by atoms with Crippen molar-refractivity contribution in [3.63, 3.8) is 0 Å². The van der Waals surface area contributed by atoms with E-state index in [0.717, 1.165) is 0 Å². The van der Waals surface area contributed by atoms with Crippen LogP contribution in [-0.2, 0) is 19.4 Å². The molecule has 0 aliphatic carbocycles. The van der Waals surface area contributed by atoms with E-state index in [2.05, 4.69) is 56.1 Å². The molecule has 0 atom stereocenters. The Bertz CT molecular complexity index is 764. The molecule has 0 aliphatic heterocycles. The molecule has 38 heavy (non-hydrogen) atoms. The molecule has 2 nitrogen and oxygen atoms in total. The van der Waals surface area contributed by atoms with Crippen molar-refractivity contribution in [1.82, 2.24) is 4.98 Å². The number of pyridine rings is 2. The van der Waals surface area contributed by atoms with E-state index in [1.54, 1.807) is 0 Å². The Morgan fingerprint density at radius 2 is 1.00 bits per heavy atom. The molecule has 0 radical (unpaired) electrons. The summed E-state index contributed by atoms with van der Waals surface area (Å²) in [6.45, 7) is 1.18. The second-order valence-corrected chi connectivity index (χ2v) is 12.2. The van der Waals surface area contributed by atoms with Crippen molar-refractivity contribution in [2.24, 2.45) is 0 Å². The van der Waals surface area contributed by atoms with E-state index in [1.807, 2.05) is 18.5 Å². The summed E-state index contributed by atoms with van der Waals surface area (Å²) in [4.78, 5) is 4.21. The zero-order valence-corrected chi connectivity index (χ0v) is 26.2. The largest absolute Gasteiger partial charge is 0.264 e. The van der Waals surface area contributed by atoms with Crippen LogP contribution in [0.15, 0.2) is 49.1 Å². The molecule has 0 spiro atoms. The minimum Gasteiger partial charge on any atom is -0.264 e. The molecule has 2 heterocycles. The van der Waals surface area contributed by atoms with Crippen molar-refractivity contribution in [2.45, 2.75) is 154 Å². The number of hydrogen-bond acceptors (Lipinski definition) is 1. The summed E-state index contributed by atoms with van der Waals surface area (Å²) in [7, 11) is 0. The van der Waals surface area contributed by atoms with Crippen molar-refractivity contribution in [3.05, 3.63) is 60.2 Å². The van der Waals surface area contributed by atoms with Gasteiger partial charge in [-0.3, -0.25) is 4.98 Å². The van der Waals surface area contributed by atoms with Gasteiger partial charge in [0.1, 0.15) is 6.54 Å². The lowest BCUT2D eigenvalue weighted by molar-refractivity contribution is -0.697. The van der Waals surface area contributed by atoms with Gasteiger partial charge in [0, 0.05) is 35.8 Å². The zero-order chi connectivity index (χ0) is 26.8. The third-order valence-electron chi connectivity index (χ3n) is 7.87. The van der Waals surface area contributed by atoms with Gasteiger partial charge in [0.25, 0.3) is 0 Å². The van der Waals surface area contributed by atoms with Crippen LogP contribution < -0.4 is 4.57 Å². The average molecular weight is 587 g/mol. The third kappa shape index (κ3) is 18.9. The maximum absolute atomic E-state index is 4.21. The van der Waals surface area contributed by atoms with Gasteiger partial charge in [0.2, 0.25) is 0 Å². The van der Waals surface area contributed by atoms with Gasteiger partial charge in [-0.2, -0.15) is 0 Å². The highest BCUT2D eigenvalue weighted by atomic mass is 79.9. The van der Waals surface area contributed by atoms with Crippen molar-refractivity contribution < 1.29 is 4.57 Å². The van der Waals surface area contributed by atoms with Gasteiger partial charge >= 0.3 is 0 Å². The van der Waals surface area contributed by atoms with Crippen LogP contribution in [0.2, 0.25) is 0 Å². The van der Waals surface area contributed by atoms with Crippen LogP contribution in [0, 0.1) is 0 Å². The van der Waals surface area contributed by atoms with Gasteiger partial charge in [-0.05, 0) is 56.2 Å². The molecule has 0 saturated carbocycles. The van der Waals surface area contributed by atoms with Gasteiger partial charge in [-0.25, -0.2) is 4.57 Å². The minimum absolute atomic E-state index is 1.17. The molecule has 0 bridgehead atoms. The van der Waals surface area contributed by atoms with Crippen molar-refractivity contribution in [2.75, 3.05) is 5.33 Å². The number of halogens is 1. The number of unbranched alkanes of at least 4 members (excludes halogenated alkanes) is 19. The Hall–Kier alpha value is -1.22. The summed E-state index contributed by atoms with van der Waals surface area (Å²) in [5.74, 6) is 0. The number of aryl methyl sites for hydroxylation is 3. The molecular formula is C35H58BrN2+. The predicted molar refractivity (Wildman–Crippen MR) is 169 cm³/mol. The standard InChI is InChI=1S/C35H58BrN2/c36-28-20-16-12-8-4-2-1-3-6-11-15-19-25-35-27-23-31-38(33-35)30-21-17-13-9-5-7-10-14-18-24-34-26-22-29-37-32-34/h22-23,26-27,29,31-33H,1-21,24-25,28,30H2/q+1. The Labute approximate surface area is 244 Å². The Morgan fingerprint density at radius 3 is 1.53 bits per heavy atom. The quantitative estimate of drug-likeness (QED) is 0.0609. The summed E-state index contributed by atoms with van der Waals surface area (Å²) in [5.41, 5.74) is 2.91. The van der Waals surface area contributed by atoms with Crippen LogP contribution >= 0.6 is 15.9 Å². The molecule has 0 saturated heterocycles. The highest BCUT2D eigenvalue weighted by molar-refractivity contribution is 9.09. The number of rotatable bonds is 26. The molecule has 0 N–H and O–H groups in total. The summed E-state index contributed by atoms with van der Waals surface area (Å²) in [6, 6.07) is 8.82. The first-order chi connectivity index (χ1) is 18.9. The van der Waals surface area contributed by atoms with Crippen LogP contribution in [0.25, 0.3) is 0 Å². The highest BCUT2D eigenvalue weighted by Crippen LogP contribution is 2.14. The van der Waals surface area contributed by atoms with Gasteiger partial charge in [0.05, 0.1) is 0 Å². The van der Waals surface area contributed by atoms with Gasteiger partial charge in [0.15, 0.2) is 12.4 Å². The minimum atomic E-state index is 1.17. The summed E-state index contributed by atoms with van der Waals surface area (Å²) in [5, 5.41) is 1.17. The Balaban J connectivity index is 1.35. The summed E-state index contributed by atoms with van der Waals surface area (Å²) >= 11 is 3.52. The van der Waals surface area contributed by atoms with Gasteiger partial charge < -0.3 is 0 Å². The molecule has 0 unspecified atom stereocenters. The number of alkyl halides is 1. The molecule has 0 aromatic carbocycles. The Kier molecular flexibility index (Phi) is 21.5. The fourth-order valence-corrected chi connectivity index (χ4v) is 5.86. The fraction of sp³-hybridized carbons (Fsp3) is 0.714. The number of hydrogen-bond donors (Lipinski definition) is 0. The molecule has 3 heteroatoms. The second kappa shape index (κ2) is 24.8. The van der Waals surface area contributed by atoms with E-state index < -0.39 is 0 Å². The lowest BCUT2D eigenvalue weighted by atomic mass is 10.0. The van der Waals surface area contributed by atoms with Crippen LogP contribution in [-0.4, -0.2) is 10.3 Å². The van der Waals surface area contributed by atoms with Crippen LogP contribution in [0.3, 0.4) is 0 Å². The van der Waals surface area contributed by atoms with E-state index in [1.165, 1.54) is 171 Å². The molecular weight excluding hydrogens is 528 g/mol. The predicted octanol–water partition coefficient (Wildman–Crippen LogP) is 10.7. The van der Waals surface area contributed by atoms with Crippen molar-refractivity contribution in [3.8, 4) is 0 Å². The van der Waals surface area contributed by atoms with E-state index in [0.29, 0.717) is 0 Å². The van der Waals surface area contributed by atoms with Crippen molar-refractivity contribution in [1.29, 1.82) is 0 Å². The summed E-state index contributed by atoms with van der Waals surface area (Å²) < 4.78 is 2.43. The first-order valence-corrected chi connectivity index (χ1v) is 17.4. The maximum Gasteiger partial charge on any atom is 0.171 e. The summed E-state index contributed by atoms with van der Waals surface area (Å²) in [6.07, 6.45) is 40.3. The first kappa shape index (κ1) is 33.0. The number of nitrogens with zero attached hydrogens (tertiary/aromatic N) is 2. The van der Waals surface area contributed by atoms with E-state index in [-0.39, 0.29) is 0 Å². The topological polar surface area (TPSA) is 16.8 Å². The monoisotopic (exact) mass is 585 g/mol. The molecule has 0 fully saturated rings. The SMILES string of the molecule is BrCCCCCCCCCCCCCCc1ccc[n+](CCCCCCCCCCCc2cccnc2)c1. The van der Waals surface area contributed by atoms with E-state index >= 15 is 0 Å². The molecule has 0 aliphatic rings. The second-order valence-electron chi connectivity index (χ2n) is 11.4. The lowest BCUT2D eigenvalue weighted by Crippen LogP contribution is -2.33. The molecule has 2 aromatic heterocycles. The number of aromatic nitrogens is 2.